The maximum atomic E-state index is 12.3. The first-order valence-electron chi connectivity index (χ1n) is 7.58. The van der Waals surface area contributed by atoms with Crippen molar-refractivity contribution < 1.29 is 17.9 Å². The van der Waals surface area contributed by atoms with Gasteiger partial charge in [-0.25, -0.2) is 13.6 Å². The number of sulfonamides is 1. The summed E-state index contributed by atoms with van der Waals surface area (Å²) >= 11 is 0. The van der Waals surface area contributed by atoms with Gasteiger partial charge >= 0.3 is 0 Å². The zero-order chi connectivity index (χ0) is 17.2. The van der Waals surface area contributed by atoms with E-state index in [1.54, 1.807) is 0 Å². The lowest BCUT2D eigenvalue weighted by Crippen LogP contribution is -2.20. The average molecular weight is 346 g/mol. The van der Waals surface area contributed by atoms with Gasteiger partial charge < -0.3 is 10.1 Å². The van der Waals surface area contributed by atoms with E-state index in [1.165, 1.54) is 24.3 Å². The molecule has 2 aromatic rings. The Morgan fingerprint density at radius 2 is 1.88 bits per heavy atom. The molecule has 0 radical (unpaired) electrons. The first kappa shape index (κ1) is 16.5. The largest absolute Gasteiger partial charge is 0.493 e. The number of ether oxygens (including phenoxy) is 1. The van der Waals surface area contributed by atoms with E-state index in [0.717, 1.165) is 17.7 Å². The van der Waals surface area contributed by atoms with Crippen molar-refractivity contribution >= 4 is 21.6 Å². The zero-order valence-corrected chi connectivity index (χ0v) is 13.8. The van der Waals surface area contributed by atoms with Gasteiger partial charge in [0.05, 0.1) is 11.5 Å². The molecule has 1 aliphatic rings. The quantitative estimate of drug-likeness (QED) is 0.887. The minimum Gasteiger partial charge on any atom is -0.493 e. The maximum Gasteiger partial charge on any atom is 0.238 e. The second kappa shape index (κ2) is 6.62. The normalized spacial score (nSPS) is 16.8. The maximum absolute atomic E-state index is 12.3. The molecular formula is C17H18N2O4S. The van der Waals surface area contributed by atoms with Crippen LogP contribution in [0.2, 0.25) is 0 Å². The summed E-state index contributed by atoms with van der Waals surface area (Å²) in [7, 11) is -3.73. The minimum atomic E-state index is -3.73. The van der Waals surface area contributed by atoms with Crippen LogP contribution in [-0.2, 0) is 14.8 Å². The predicted molar refractivity (Wildman–Crippen MR) is 90.4 cm³/mol. The summed E-state index contributed by atoms with van der Waals surface area (Å²) in [5.41, 5.74) is 1.58. The monoisotopic (exact) mass is 346 g/mol. The smallest absolute Gasteiger partial charge is 0.238 e. The molecule has 1 unspecified atom stereocenters. The first-order valence-corrected chi connectivity index (χ1v) is 9.12. The predicted octanol–water partition coefficient (Wildman–Crippen LogP) is 2.23. The molecule has 0 fully saturated rings. The van der Waals surface area contributed by atoms with E-state index in [-0.39, 0.29) is 16.7 Å². The molecule has 3 rings (SSSR count). The second-order valence-electron chi connectivity index (χ2n) is 5.69. The number of primary sulfonamides is 1. The Kier molecular flexibility index (Phi) is 4.55. The van der Waals surface area contributed by atoms with Gasteiger partial charge in [0.1, 0.15) is 5.75 Å². The van der Waals surface area contributed by atoms with Crippen molar-refractivity contribution in [3.63, 3.8) is 0 Å². The number of hydrogen-bond donors (Lipinski definition) is 2. The number of anilines is 1. The van der Waals surface area contributed by atoms with Gasteiger partial charge in [-0.3, -0.25) is 4.79 Å². The Hall–Kier alpha value is -2.38. The molecule has 3 N–H and O–H groups in total. The SMILES string of the molecule is NS(=O)(=O)c1ccc(NC(=O)CC2CCOc3ccccc32)cc1. The van der Waals surface area contributed by atoms with Gasteiger partial charge in [-0.05, 0) is 48.2 Å². The van der Waals surface area contributed by atoms with Crippen LogP contribution in [-0.4, -0.2) is 20.9 Å². The van der Waals surface area contributed by atoms with Crippen LogP contribution >= 0.6 is 0 Å². The fraction of sp³-hybridized carbons (Fsp3) is 0.235. The zero-order valence-electron chi connectivity index (χ0n) is 12.9. The third-order valence-corrected chi connectivity index (χ3v) is 4.91. The number of nitrogens with one attached hydrogen (secondary N) is 1. The Labute approximate surface area is 140 Å². The summed E-state index contributed by atoms with van der Waals surface area (Å²) in [6, 6.07) is 13.5. The highest BCUT2D eigenvalue weighted by Crippen LogP contribution is 2.35. The molecule has 0 spiro atoms. The Bertz CT molecular complexity index is 847. The number of para-hydroxylation sites is 1. The lowest BCUT2D eigenvalue weighted by Gasteiger charge is -2.25. The van der Waals surface area contributed by atoms with Crippen LogP contribution in [0.15, 0.2) is 53.4 Å². The molecule has 0 aliphatic carbocycles. The standard InChI is InChI=1S/C17H18N2O4S/c18-24(21,22)14-7-5-13(6-8-14)19-17(20)11-12-9-10-23-16-4-2-1-3-15(12)16/h1-8,12H,9-11H2,(H,19,20)(H2,18,21,22). The first-order chi connectivity index (χ1) is 11.4. The number of rotatable bonds is 4. The molecule has 1 atom stereocenters. The number of benzene rings is 2. The van der Waals surface area contributed by atoms with E-state index in [2.05, 4.69) is 5.32 Å². The average Bonchev–Trinajstić information content (AvgIpc) is 2.55. The number of hydrogen-bond acceptors (Lipinski definition) is 4. The van der Waals surface area contributed by atoms with E-state index in [4.69, 9.17) is 9.88 Å². The van der Waals surface area contributed by atoms with Gasteiger partial charge in [-0.15, -0.1) is 0 Å². The molecule has 0 aromatic heterocycles. The van der Waals surface area contributed by atoms with E-state index in [9.17, 15) is 13.2 Å². The molecule has 0 saturated heterocycles. The molecule has 1 heterocycles. The van der Waals surface area contributed by atoms with Crippen LogP contribution in [0.4, 0.5) is 5.69 Å². The summed E-state index contributed by atoms with van der Waals surface area (Å²) in [5.74, 6) is 0.817. The number of amides is 1. The van der Waals surface area contributed by atoms with Gasteiger partial charge in [-0.1, -0.05) is 18.2 Å². The van der Waals surface area contributed by atoms with Crippen LogP contribution in [0.25, 0.3) is 0 Å². The van der Waals surface area contributed by atoms with Crippen molar-refractivity contribution in [1.29, 1.82) is 0 Å². The van der Waals surface area contributed by atoms with E-state index in [1.807, 2.05) is 24.3 Å². The van der Waals surface area contributed by atoms with Crippen LogP contribution in [0.5, 0.6) is 5.75 Å². The van der Waals surface area contributed by atoms with Crippen molar-refractivity contribution in [2.75, 3.05) is 11.9 Å². The summed E-state index contributed by atoms with van der Waals surface area (Å²) in [5, 5.41) is 7.83. The fourth-order valence-electron chi connectivity index (χ4n) is 2.79. The van der Waals surface area contributed by atoms with Crippen molar-refractivity contribution in [2.24, 2.45) is 5.14 Å². The van der Waals surface area contributed by atoms with Gasteiger partial charge in [-0.2, -0.15) is 0 Å². The third-order valence-electron chi connectivity index (χ3n) is 3.98. The summed E-state index contributed by atoms with van der Waals surface area (Å²) in [4.78, 5) is 12.3. The molecule has 2 aromatic carbocycles. The van der Waals surface area contributed by atoms with E-state index < -0.39 is 10.0 Å². The highest BCUT2D eigenvalue weighted by atomic mass is 32.2. The van der Waals surface area contributed by atoms with Crippen LogP contribution in [0.3, 0.4) is 0 Å². The van der Waals surface area contributed by atoms with Crippen molar-refractivity contribution in [2.45, 2.75) is 23.7 Å². The van der Waals surface area contributed by atoms with Crippen molar-refractivity contribution in [3.05, 3.63) is 54.1 Å². The summed E-state index contributed by atoms with van der Waals surface area (Å²) < 4.78 is 28.0. The fourth-order valence-corrected chi connectivity index (χ4v) is 3.31. The minimum absolute atomic E-state index is 0.0128. The summed E-state index contributed by atoms with van der Waals surface area (Å²) in [6.45, 7) is 0.595. The number of fused-ring (bicyclic) bond motifs is 1. The van der Waals surface area contributed by atoms with Gasteiger partial charge in [0.25, 0.3) is 0 Å². The van der Waals surface area contributed by atoms with E-state index >= 15 is 0 Å². The molecule has 0 saturated carbocycles. The molecule has 6 nitrogen and oxygen atoms in total. The highest BCUT2D eigenvalue weighted by Gasteiger charge is 2.23. The third kappa shape index (κ3) is 3.74. The second-order valence-corrected chi connectivity index (χ2v) is 7.25. The van der Waals surface area contributed by atoms with Gasteiger partial charge in [0, 0.05) is 12.1 Å². The van der Waals surface area contributed by atoms with Crippen LogP contribution < -0.4 is 15.2 Å². The van der Waals surface area contributed by atoms with Gasteiger partial charge in [0.15, 0.2) is 0 Å². The Balaban J connectivity index is 1.66. The summed E-state index contributed by atoms with van der Waals surface area (Å²) in [6.07, 6.45) is 1.13. The molecule has 126 valence electrons. The van der Waals surface area contributed by atoms with Crippen molar-refractivity contribution in [1.82, 2.24) is 0 Å². The number of carbonyl (C=O) groups is 1. The topological polar surface area (TPSA) is 98.5 Å². The van der Waals surface area contributed by atoms with Crippen LogP contribution in [0.1, 0.15) is 24.3 Å². The number of carbonyl (C=O) groups excluding carboxylic acids is 1. The van der Waals surface area contributed by atoms with Crippen molar-refractivity contribution in [3.8, 4) is 5.75 Å². The molecular weight excluding hydrogens is 328 g/mol. The molecule has 1 amide bonds. The van der Waals surface area contributed by atoms with Gasteiger partial charge in [0.2, 0.25) is 15.9 Å². The number of nitrogens with two attached hydrogens (primary N) is 1. The molecule has 0 bridgehead atoms. The lowest BCUT2D eigenvalue weighted by molar-refractivity contribution is -0.116. The molecule has 7 heteroatoms. The van der Waals surface area contributed by atoms with E-state index in [0.29, 0.717) is 18.7 Å². The molecule has 1 aliphatic heterocycles. The molecule has 24 heavy (non-hydrogen) atoms. The van der Waals surface area contributed by atoms with Crippen LogP contribution in [0, 0.1) is 0 Å². The highest BCUT2D eigenvalue weighted by molar-refractivity contribution is 7.89. The Morgan fingerprint density at radius 1 is 1.17 bits per heavy atom. The Morgan fingerprint density at radius 3 is 2.58 bits per heavy atom. The lowest BCUT2D eigenvalue weighted by atomic mass is 9.90.